The van der Waals surface area contributed by atoms with E-state index in [1.807, 2.05) is 24.3 Å². The summed E-state index contributed by atoms with van der Waals surface area (Å²) in [5.74, 6) is -1.19. The molecule has 0 saturated heterocycles. The second-order valence-corrected chi connectivity index (χ2v) is 4.31. The summed E-state index contributed by atoms with van der Waals surface area (Å²) in [6.07, 6.45) is 1.76. The van der Waals surface area contributed by atoms with Crippen LogP contribution in [0.15, 0.2) is 30.3 Å². The molecule has 4 nitrogen and oxygen atoms in total. The molecule has 96 valence electrons. The Morgan fingerprint density at radius 3 is 2.61 bits per heavy atom. The van der Waals surface area contributed by atoms with Gasteiger partial charge >= 0.3 is 5.97 Å². The van der Waals surface area contributed by atoms with Crippen LogP contribution in [0.5, 0.6) is 0 Å². The van der Waals surface area contributed by atoms with Gasteiger partial charge in [0.05, 0.1) is 13.2 Å². The number of carbonyl (C=O) groups is 1. The highest BCUT2D eigenvalue weighted by Crippen LogP contribution is 2.21. The molecule has 1 aliphatic heterocycles. The van der Waals surface area contributed by atoms with Crippen molar-refractivity contribution >= 4 is 11.5 Å². The van der Waals surface area contributed by atoms with Crippen molar-refractivity contribution in [2.75, 3.05) is 13.2 Å². The molecule has 0 aliphatic carbocycles. The van der Waals surface area contributed by atoms with Crippen molar-refractivity contribution in [2.45, 2.75) is 18.9 Å². The zero-order valence-corrected chi connectivity index (χ0v) is 10.0. The minimum atomic E-state index is -1.34. The highest BCUT2D eigenvalue weighted by Gasteiger charge is 2.13. The van der Waals surface area contributed by atoms with Crippen LogP contribution in [-0.2, 0) is 16.0 Å². The van der Waals surface area contributed by atoms with Gasteiger partial charge in [0.15, 0.2) is 6.10 Å². The smallest absolute Gasteiger partial charge is 0.332 e. The lowest BCUT2D eigenvalue weighted by Crippen LogP contribution is -2.21. The molecule has 0 radical (unpaired) electrons. The standard InChI is InChI=1S/C14H16O4/c15-13(14(16)17)9-10-1-3-11(4-2-10)12-5-7-18-8-6-12/h1-5,13,15H,6-9H2,(H,16,17). The maximum atomic E-state index is 10.5. The third kappa shape index (κ3) is 3.18. The van der Waals surface area contributed by atoms with E-state index in [9.17, 15) is 9.90 Å². The van der Waals surface area contributed by atoms with Crippen molar-refractivity contribution in [3.63, 3.8) is 0 Å². The number of aliphatic hydroxyl groups is 1. The van der Waals surface area contributed by atoms with Gasteiger partial charge in [0.2, 0.25) is 0 Å². The molecule has 4 heteroatoms. The van der Waals surface area contributed by atoms with Gasteiger partial charge in [-0.1, -0.05) is 30.3 Å². The lowest BCUT2D eigenvalue weighted by molar-refractivity contribution is -0.146. The van der Waals surface area contributed by atoms with Gasteiger partial charge in [-0.15, -0.1) is 0 Å². The zero-order valence-electron chi connectivity index (χ0n) is 10.0. The van der Waals surface area contributed by atoms with Crippen LogP contribution in [0.3, 0.4) is 0 Å². The van der Waals surface area contributed by atoms with Crippen molar-refractivity contribution in [1.82, 2.24) is 0 Å². The van der Waals surface area contributed by atoms with Gasteiger partial charge in [0, 0.05) is 6.42 Å². The largest absolute Gasteiger partial charge is 0.479 e. The average Bonchev–Trinajstić information content (AvgIpc) is 2.40. The topological polar surface area (TPSA) is 66.8 Å². The minimum absolute atomic E-state index is 0.137. The Bertz CT molecular complexity index is 447. The molecule has 0 spiro atoms. The van der Waals surface area contributed by atoms with Gasteiger partial charge in [0.25, 0.3) is 0 Å². The molecule has 18 heavy (non-hydrogen) atoms. The van der Waals surface area contributed by atoms with Gasteiger partial charge in [-0.05, 0) is 23.1 Å². The molecule has 2 rings (SSSR count). The fourth-order valence-corrected chi connectivity index (χ4v) is 1.95. The van der Waals surface area contributed by atoms with Crippen LogP contribution in [0, 0.1) is 0 Å². The van der Waals surface area contributed by atoms with Crippen LogP contribution in [-0.4, -0.2) is 35.5 Å². The molecule has 1 heterocycles. The van der Waals surface area contributed by atoms with Crippen LogP contribution >= 0.6 is 0 Å². The maximum absolute atomic E-state index is 10.5. The van der Waals surface area contributed by atoms with Gasteiger partial charge in [-0.25, -0.2) is 4.79 Å². The fourth-order valence-electron chi connectivity index (χ4n) is 1.95. The normalized spacial score (nSPS) is 17.1. The summed E-state index contributed by atoms with van der Waals surface area (Å²) in [6.45, 7) is 1.39. The van der Waals surface area contributed by atoms with Gasteiger partial charge in [0.1, 0.15) is 0 Å². The van der Waals surface area contributed by atoms with E-state index in [-0.39, 0.29) is 6.42 Å². The first-order valence-corrected chi connectivity index (χ1v) is 5.94. The molecule has 0 bridgehead atoms. The summed E-state index contributed by atoms with van der Waals surface area (Å²) in [7, 11) is 0. The lowest BCUT2D eigenvalue weighted by atomic mass is 9.99. The molecule has 0 fully saturated rings. The maximum Gasteiger partial charge on any atom is 0.332 e. The number of ether oxygens (including phenoxy) is 1. The monoisotopic (exact) mass is 248 g/mol. The van der Waals surface area contributed by atoms with Crippen molar-refractivity contribution in [3.8, 4) is 0 Å². The average molecular weight is 248 g/mol. The van der Waals surface area contributed by atoms with E-state index in [2.05, 4.69) is 6.08 Å². The van der Waals surface area contributed by atoms with Crippen molar-refractivity contribution in [3.05, 3.63) is 41.5 Å². The Labute approximate surface area is 106 Å². The summed E-state index contributed by atoms with van der Waals surface area (Å²) in [5.41, 5.74) is 3.21. The number of benzene rings is 1. The molecule has 0 aromatic heterocycles. The van der Waals surface area contributed by atoms with Gasteiger partial charge in [-0.3, -0.25) is 0 Å². The Hall–Kier alpha value is -1.65. The molecule has 1 unspecified atom stereocenters. The van der Waals surface area contributed by atoms with Crippen LogP contribution in [0.2, 0.25) is 0 Å². The van der Waals surface area contributed by atoms with E-state index in [0.29, 0.717) is 6.61 Å². The van der Waals surface area contributed by atoms with Crippen LogP contribution < -0.4 is 0 Å². The molecular weight excluding hydrogens is 232 g/mol. The Morgan fingerprint density at radius 1 is 1.33 bits per heavy atom. The second kappa shape index (κ2) is 5.80. The van der Waals surface area contributed by atoms with E-state index in [4.69, 9.17) is 9.84 Å². The van der Waals surface area contributed by atoms with E-state index in [1.54, 1.807) is 0 Å². The Kier molecular flexibility index (Phi) is 4.12. The second-order valence-electron chi connectivity index (χ2n) is 4.31. The summed E-state index contributed by atoms with van der Waals surface area (Å²) < 4.78 is 5.25. The molecule has 0 amide bonds. The molecule has 2 N–H and O–H groups in total. The Morgan fingerprint density at radius 2 is 2.06 bits per heavy atom. The van der Waals surface area contributed by atoms with E-state index < -0.39 is 12.1 Å². The summed E-state index contributed by atoms with van der Waals surface area (Å²) >= 11 is 0. The van der Waals surface area contributed by atoms with Crippen molar-refractivity contribution in [2.24, 2.45) is 0 Å². The number of hydrogen-bond donors (Lipinski definition) is 2. The first-order valence-electron chi connectivity index (χ1n) is 5.94. The number of rotatable bonds is 4. The summed E-state index contributed by atoms with van der Waals surface area (Å²) in [5, 5.41) is 17.9. The third-order valence-electron chi connectivity index (χ3n) is 3.00. The fraction of sp³-hybridized carbons (Fsp3) is 0.357. The van der Waals surface area contributed by atoms with Crippen molar-refractivity contribution < 1.29 is 19.7 Å². The first-order chi connectivity index (χ1) is 8.66. The third-order valence-corrected chi connectivity index (χ3v) is 3.00. The van der Waals surface area contributed by atoms with Crippen LogP contribution in [0.1, 0.15) is 17.5 Å². The van der Waals surface area contributed by atoms with Crippen LogP contribution in [0.4, 0.5) is 0 Å². The highest BCUT2D eigenvalue weighted by molar-refractivity contribution is 5.72. The number of aliphatic carboxylic acids is 1. The quantitative estimate of drug-likeness (QED) is 0.847. The lowest BCUT2D eigenvalue weighted by Gasteiger charge is -2.14. The van der Waals surface area contributed by atoms with E-state index >= 15 is 0 Å². The predicted molar refractivity (Wildman–Crippen MR) is 67.2 cm³/mol. The molecule has 1 atom stereocenters. The van der Waals surface area contributed by atoms with Gasteiger partial charge in [-0.2, -0.15) is 0 Å². The zero-order chi connectivity index (χ0) is 13.0. The van der Waals surface area contributed by atoms with Crippen LogP contribution in [0.25, 0.3) is 5.57 Å². The minimum Gasteiger partial charge on any atom is -0.479 e. The number of carboxylic acid groups (broad SMARTS) is 1. The molecule has 1 aromatic rings. The summed E-state index contributed by atoms with van der Waals surface area (Å²) in [6, 6.07) is 7.64. The highest BCUT2D eigenvalue weighted by atomic mass is 16.5. The SMILES string of the molecule is O=C(O)C(O)Cc1ccc(C2=CCOCC2)cc1. The Balaban J connectivity index is 2.05. The molecule has 1 aliphatic rings. The number of hydrogen-bond acceptors (Lipinski definition) is 3. The first kappa shape index (κ1) is 12.8. The van der Waals surface area contributed by atoms with E-state index in [0.717, 1.165) is 24.2 Å². The van der Waals surface area contributed by atoms with E-state index in [1.165, 1.54) is 5.57 Å². The van der Waals surface area contributed by atoms with Gasteiger partial charge < -0.3 is 14.9 Å². The molecule has 1 aromatic carbocycles. The summed E-state index contributed by atoms with van der Waals surface area (Å²) in [4.78, 5) is 10.5. The molecular formula is C14H16O4. The molecule has 0 saturated carbocycles. The predicted octanol–water partition coefficient (Wildman–Crippen LogP) is 1.48. The number of aliphatic hydroxyl groups excluding tert-OH is 1. The van der Waals surface area contributed by atoms with Crippen molar-refractivity contribution in [1.29, 1.82) is 0 Å². The number of carboxylic acids is 1.